The number of hydrogen-bond donors (Lipinski definition) is 1. The van der Waals surface area contributed by atoms with Crippen molar-refractivity contribution in [3.8, 4) is 0 Å². The van der Waals surface area contributed by atoms with E-state index in [1.807, 2.05) is 13.8 Å². The maximum absolute atomic E-state index is 10.8. The minimum absolute atomic E-state index is 0.0747. The number of carbonyl (C=O) groups is 2. The quantitative estimate of drug-likeness (QED) is 0.683. The van der Waals surface area contributed by atoms with Gasteiger partial charge in [0.05, 0.1) is 13.5 Å². The Labute approximate surface area is 81.6 Å². The Morgan fingerprint density at radius 1 is 1.46 bits per heavy atom. The summed E-state index contributed by atoms with van der Waals surface area (Å²) in [5.74, 6) is -1.45. The topological polar surface area (TPSA) is 63.6 Å². The van der Waals surface area contributed by atoms with Crippen LogP contribution >= 0.6 is 11.8 Å². The van der Waals surface area contributed by atoms with Crippen LogP contribution in [-0.2, 0) is 14.3 Å². The first-order valence-electron chi connectivity index (χ1n) is 3.92. The van der Waals surface area contributed by atoms with Gasteiger partial charge >= 0.3 is 11.9 Å². The summed E-state index contributed by atoms with van der Waals surface area (Å²) >= 11 is 1.25. The van der Waals surface area contributed by atoms with Gasteiger partial charge in [0.2, 0.25) is 0 Å². The number of hydrogen-bond acceptors (Lipinski definition) is 4. The molecule has 76 valence electrons. The molecule has 0 aliphatic rings. The molecule has 0 bridgehead atoms. The van der Waals surface area contributed by atoms with Gasteiger partial charge < -0.3 is 9.84 Å². The van der Waals surface area contributed by atoms with Crippen molar-refractivity contribution in [1.29, 1.82) is 0 Å². The van der Waals surface area contributed by atoms with E-state index in [4.69, 9.17) is 5.11 Å². The number of ether oxygens (including phenoxy) is 1. The standard InChI is InChI=1S/C8H14O4S/c1-5(2)13-6(8(10)11)4-7(9)12-3/h5-6H,4H2,1-3H3,(H,10,11). The third kappa shape index (κ3) is 5.52. The first-order chi connectivity index (χ1) is 5.97. The summed E-state index contributed by atoms with van der Waals surface area (Å²) in [6, 6.07) is 0. The van der Waals surface area contributed by atoms with Crippen LogP contribution in [0.5, 0.6) is 0 Å². The summed E-state index contributed by atoms with van der Waals surface area (Å²) in [7, 11) is 1.25. The molecule has 4 nitrogen and oxygen atoms in total. The number of thioether (sulfide) groups is 1. The van der Waals surface area contributed by atoms with E-state index in [-0.39, 0.29) is 11.7 Å². The summed E-state index contributed by atoms with van der Waals surface area (Å²) in [5.41, 5.74) is 0. The molecule has 5 heteroatoms. The highest BCUT2D eigenvalue weighted by Crippen LogP contribution is 2.20. The molecule has 0 radical (unpaired) electrons. The Morgan fingerprint density at radius 2 is 2.00 bits per heavy atom. The fourth-order valence-corrected chi connectivity index (χ4v) is 1.76. The lowest BCUT2D eigenvalue weighted by molar-refractivity contribution is -0.145. The number of carbonyl (C=O) groups excluding carboxylic acids is 1. The third-order valence-corrected chi connectivity index (χ3v) is 2.53. The number of esters is 1. The van der Waals surface area contributed by atoms with E-state index in [2.05, 4.69) is 4.74 Å². The summed E-state index contributed by atoms with van der Waals surface area (Å²) in [6.07, 6.45) is -0.0747. The van der Waals surface area contributed by atoms with Gasteiger partial charge in [0, 0.05) is 0 Å². The predicted octanol–water partition coefficient (Wildman–Crippen LogP) is 1.14. The van der Waals surface area contributed by atoms with Crippen molar-refractivity contribution in [1.82, 2.24) is 0 Å². The van der Waals surface area contributed by atoms with E-state index in [9.17, 15) is 9.59 Å². The smallest absolute Gasteiger partial charge is 0.317 e. The van der Waals surface area contributed by atoms with Gasteiger partial charge in [-0.2, -0.15) is 0 Å². The molecule has 0 aromatic carbocycles. The molecule has 0 aromatic heterocycles. The Balaban J connectivity index is 4.10. The maximum atomic E-state index is 10.8. The normalized spacial score (nSPS) is 12.6. The van der Waals surface area contributed by atoms with Gasteiger partial charge in [0.25, 0.3) is 0 Å². The molecule has 0 aromatic rings. The summed E-state index contributed by atoms with van der Waals surface area (Å²) in [5, 5.41) is 8.22. The van der Waals surface area contributed by atoms with Gasteiger partial charge in [0.1, 0.15) is 5.25 Å². The van der Waals surface area contributed by atoms with Gasteiger partial charge in [-0.25, -0.2) is 0 Å². The monoisotopic (exact) mass is 206 g/mol. The Bertz CT molecular complexity index is 191. The molecule has 0 fully saturated rings. The highest BCUT2D eigenvalue weighted by Gasteiger charge is 2.23. The molecule has 0 amide bonds. The lowest BCUT2D eigenvalue weighted by atomic mass is 10.3. The second-order valence-electron chi connectivity index (χ2n) is 2.79. The van der Waals surface area contributed by atoms with E-state index in [1.165, 1.54) is 18.9 Å². The van der Waals surface area contributed by atoms with Crippen molar-refractivity contribution in [2.45, 2.75) is 30.8 Å². The molecule has 0 saturated heterocycles. The van der Waals surface area contributed by atoms with Crippen molar-refractivity contribution in [3.05, 3.63) is 0 Å². The fourth-order valence-electron chi connectivity index (χ4n) is 0.757. The van der Waals surface area contributed by atoms with Crippen LogP contribution < -0.4 is 0 Å². The van der Waals surface area contributed by atoms with Gasteiger partial charge in [-0.1, -0.05) is 13.8 Å². The number of methoxy groups -OCH3 is 1. The lowest BCUT2D eigenvalue weighted by Gasteiger charge is -2.12. The van der Waals surface area contributed by atoms with Crippen molar-refractivity contribution in [2.24, 2.45) is 0 Å². The average molecular weight is 206 g/mol. The van der Waals surface area contributed by atoms with E-state index < -0.39 is 17.2 Å². The molecule has 0 rings (SSSR count). The summed E-state index contributed by atoms with van der Waals surface area (Å²) in [6.45, 7) is 3.77. The zero-order valence-electron chi connectivity index (χ0n) is 7.94. The van der Waals surface area contributed by atoms with Crippen LogP contribution in [0, 0.1) is 0 Å². The van der Waals surface area contributed by atoms with Crippen LogP contribution in [0.25, 0.3) is 0 Å². The number of carboxylic acid groups (broad SMARTS) is 1. The first-order valence-corrected chi connectivity index (χ1v) is 4.86. The zero-order chi connectivity index (χ0) is 10.4. The lowest BCUT2D eigenvalue weighted by Crippen LogP contribution is -2.22. The third-order valence-electron chi connectivity index (χ3n) is 1.29. The van der Waals surface area contributed by atoms with Crippen LogP contribution in [0.2, 0.25) is 0 Å². The molecule has 0 aliphatic heterocycles. The number of aliphatic carboxylic acids is 1. The molecule has 1 unspecified atom stereocenters. The fraction of sp³-hybridized carbons (Fsp3) is 0.750. The molecule has 1 N–H and O–H groups in total. The highest BCUT2D eigenvalue weighted by atomic mass is 32.2. The summed E-state index contributed by atoms with van der Waals surface area (Å²) < 4.78 is 4.40. The number of rotatable bonds is 5. The SMILES string of the molecule is COC(=O)CC(SC(C)C)C(=O)O. The van der Waals surface area contributed by atoms with Crippen molar-refractivity contribution in [3.63, 3.8) is 0 Å². The van der Waals surface area contributed by atoms with E-state index in [0.717, 1.165) is 0 Å². The van der Waals surface area contributed by atoms with Gasteiger partial charge in [-0.05, 0) is 5.25 Å². The Morgan fingerprint density at radius 3 is 2.31 bits per heavy atom. The molecule has 0 heterocycles. The molecule has 0 aliphatic carbocycles. The molecule has 0 saturated carbocycles. The van der Waals surface area contributed by atoms with E-state index in [1.54, 1.807) is 0 Å². The van der Waals surface area contributed by atoms with E-state index >= 15 is 0 Å². The number of carboxylic acids is 1. The minimum Gasteiger partial charge on any atom is -0.480 e. The second-order valence-corrected chi connectivity index (χ2v) is 4.58. The molecular formula is C8H14O4S. The molecular weight excluding hydrogens is 192 g/mol. The molecule has 0 spiro atoms. The zero-order valence-corrected chi connectivity index (χ0v) is 8.76. The molecule has 1 atom stereocenters. The van der Waals surface area contributed by atoms with Crippen LogP contribution in [0.4, 0.5) is 0 Å². The van der Waals surface area contributed by atoms with Crippen LogP contribution in [0.1, 0.15) is 20.3 Å². The van der Waals surface area contributed by atoms with Gasteiger partial charge in [0.15, 0.2) is 0 Å². The van der Waals surface area contributed by atoms with Crippen molar-refractivity contribution < 1.29 is 19.4 Å². The van der Waals surface area contributed by atoms with Gasteiger partial charge in [-0.3, -0.25) is 9.59 Å². The maximum Gasteiger partial charge on any atom is 0.317 e. The predicted molar refractivity (Wildman–Crippen MR) is 50.8 cm³/mol. The van der Waals surface area contributed by atoms with Gasteiger partial charge in [-0.15, -0.1) is 11.8 Å². The first kappa shape index (κ1) is 12.3. The highest BCUT2D eigenvalue weighted by molar-refractivity contribution is 8.01. The summed E-state index contributed by atoms with van der Waals surface area (Å²) in [4.78, 5) is 21.5. The largest absolute Gasteiger partial charge is 0.480 e. The van der Waals surface area contributed by atoms with E-state index in [0.29, 0.717) is 0 Å². The van der Waals surface area contributed by atoms with Crippen LogP contribution in [0.15, 0.2) is 0 Å². The minimum atomic E-state index is -0.968. The Kier molecular flexibility index (Phi) is 5.53. The van der Waals surface area contributed by atoms with Crippen LogP contribution in [0.3, 0.4) is 0 Å². The average Bonchev–Trinajstić information content (AvgIpc) is 2.02. The second kappa shape index (κ2) is 5.85. The van der Waals surface area contributed by atoms with Crippen molar-refractivity contribution in [2.75, 3.05) is 7.11 Å². The van der Waals surface area contributed by atoms with Crippen molar-refractivity contribution >= 4 is 23.7 Å². The Hall–Kier alpha value is -0.710. The van der Waals surface area contributed by atoms with Crippen LogP contribution in [-0.4, -0.2) is 34.7 Å². The molecule has 13 heavy (non-hydrogen) atoms.